The van der Waals surface area contributed by atoms with E-state index in [1.807, 2.05) is 55.5 Å². The van der Waals surface area contributed by atoms with Crippen molar-refractivity contribution >= 4 is 17.9 Å². The molecule has 1 heterocycles. The van der Waals surface area contributed by atoms with Crippen LogP contribution in [-0.4, -0.2) is 29.9 Å². The fourth-order valence-electron chi connectivity index (χ4n) is 3.76. The van der Waals surface area contributed by atoms with Crippen LogP contribution in [0, 0.1) is 11.3 Å². The highest BCUT2D eigenvalue weighted by Gasteiger charge is 2.35. The summed E-state index contributed by atoms with van der Waals surface area (Å²) >= 11 is 0. The lowest BCUT2D eigenvalue weighted by molar-refractivity contribution is -0.140. The number of nitrogens with zero attached hydrogens (tertiary/aromatic N) is 2. The van der Waals surface area contributed by atoms with E-state index in [2.05, 4.69) is 6.92 Å². The van der Waals surface area contributed by atoms with E-state index in [1.54, 1.807) is 19.1 Å². The highest BCUT2D eigenvalue weighted by atomic mass is 16.5. The molecule has 0 bridgehead atoms. The lowest BCUT2D eigenvalue weighted by atomic mass is 9.93. The van der Waals surface area contributed by atoms with Crippen LogP contribution in [0.1, 0.15) is 51.2 Å². The van der Waals surface area contributed by atoms with E-state index in [1.165, 1.54) is 4.90 Å². The molecule has 0 atom stereocenters. The van der Waals surface area contributed by atoms with E-state index in [0.717, 1.165) is 24.0 Å². The number of carbonyl (C=O) groups excluding carboxylic acids is 2. The molecule has 2 aromatic carbocycles. The van der Waals surface area contributed by atoms with Gasteiger partial charge in [0.05, 0.1) is 6.61 Å². The minimum Gasteiger partial charge on any atom is -0.490 e. The first-order chi connectivity index (χ1) is 16.5. The van der Waals surface area contributed by atoms with Crippen LogP contribution < -0.4 is 9.47 Å². The van der Waals surface area contributed by atoms with Crippen LogP contribution in [0.15, 0.2) is 65.3 Å². The number of unbranched alkanes of at least 4 members (excludes halogenated alkanes) is 2. The first-order valence-corrected chi connectivity index (χ1v) is 11.6. The fourth-order valence-corrected chi connectivity index (χ4v) is 3.76. The molecule has 0 radical (unpaired) electrons. The molecule has 0 N–H and O–H groups in total. The third-order valence-electron chi connectivity index (χ3n) is 5.63. The lowest BCUT2D eigenvalue weighted by Gasteiger charge is -2.27. The van der Waals surface area contributed by atoms with Crippen LogP contribution in [0.25, 0.3) is 6.08 Å². The quantitative estimate of drug-likeness (QED) is 0.269. The Hall–Kier alpha value is -3.85. The van der Waals surface area contributed by atoms with Gasteiger partial charge in [-0.3, -0.25) is 14.5 Å². The van der Waals surface area contributed by atoms with Crippen LogP contribution in [0.2, 0.25) is 0 Å². The Kier molecular flexibility index (Phi) is 8.64. The Morgan fingerprint density at radius 1 is 0.971 bits per heavy atom. The standard InChI is InChI=1S/C28H30N2O4/c1-4-6-10-15-30-27(31)23(20(3)24(18-29)28(30)32)16-22-13-14-25(26(17-22)33-5-2)34-19-21-11-8-7-9-12-21/h7-9,11-14,16-17H,4-6,10,15,19H2,1-3H3/b23-16+. The molecule has 1 aliphatic heterocycles. The number of ether oxygens (including phenoxy) is 2. The first kappa shape index (κ1) is 24.8. The fraction of sp³-hybridized carbons (Fsp3) is 0.321. The summed E-state index contributed by atoms with van der Waals surface area (Å²) in [5.74, 6) is 0.274. The van der Waals surface area contributed by atoms with Gasteiger partial charge in [0.15, 0.2) is 11.5 Å². The summed E-state index contributed by atoms with van der Waals surface area (Å²) in [5, 5.41) is 9.56. The molecule has 0 aliphatic carbocycles. The average Bonchev–Trinajstić information content (AvgIpc) is 2.84. The predicted molar refractivity (Wildman–Crippen MR) is 131 cm³/mol. The molecule has 1 aliphatic rings. The van der Waals surface area contributed by atoms with Crippen molar-refractivity contribution in [3.8, 4) is 17.6 Å². The van der Waals surface area contributed by atoms with Gasteiger partial charge in [-0.2, -0.15) is 5.26 Å². The van der Waals surface area contributed by atoms with Gasteiger partial charge in [0.25, 0.3) is 11.8 Å². The number of hydrogen-bond acceptors (Lipinski definition) is 5. The zero-order valence-corrected chi connectivity index (χ0v) is 20.0. The van der Waals surface area contributed by atoms with Crippen molar-refractivity contribution in [1.29, 1.82) is 5.26 Å². The third-order valence-corrected chi connectivity index (χ3v) is 5.63. The zero-order valence-electron chi connectivity index (χ0n) is 20.0. The zero-order chi connectivity index (χ0) is 24.5. The highest BCUT2D eigenvalue weighted by Crippen LogP contribution is 2.32. The molecule has 2 amide bonds. The third kappa shape index (κ3) is 5.74. The van der Waals surface area contributed by atoms with E-state index in [0.29, 0.717) is 48.8 Å². The molecule has 0 unspecified atom stereocenters. The summed E-state index contributed by atoms with van der Waals surface area (Å²) in [6.07, 6.45) is 4.29. The average molecular weight is 459 g/mol. The van der Waals surface area contributed by atoms with Gasteiger partial charge < -0.3 is 9.47 Å². The molecule has 2 aromatic rings. The van der Waals surface area contributed by atoms with Gasteiger partial charge in [0.2, 0.25) is 0 Å². The van der Waals surface area contributed by atoms with Crippen molar-refractivity contribution in [2.75, 3.05) is 13.2 Å². The molecule has 0 saturated carbocycles. The largest absolute Gasteiger partial charge is 0.490 e. The molecule has 6 heteroatoms. The number of nitriles is 1. The van der Waals surface area contributed by atoms with E-state index in [9.17, 15) is 14.9 Å². The van der Waals surface area contributed by atoms with Crippen molar-refractivity contribution in [3.05, 3.63) is 76.4 Å². The summed E-state index contributed by atoms with van der Waals surface area (Å²) in [6, 6.07) is 17.3. The Balaban J connectivity index is 1.92. The number of amides is 2. The second-order valence-electron chi connectivity index (χ2n) is 8.05. The summed E-state index contributed by atoms with van der Waals surface area (Å²) in [7, 11) is 0. The van der Waals surface area contributed by atoms with Gasteiger partial charge in [0, 0.05) is 12.1 Å². The summed E-state index contributed by atoms with van der Waals surface area (Å²) in [4.78, 5) is 27.1. The minimum absolute atomic E-state index is 0.00944. The molecule has 0 spiro atoms. The molecule has 176 valence electrons. The SMILES string of the molecule is CCCCCN1C(=O)C(C#N)=C(C)/C(=C\c2ccc(OCc3ccccc3)c(OCC)c2)C1=O. The Bertz CT molecular complexity index is 1140. The smallest absolute Gasteiger partial charge is 0.271 e. The minimum atomic E-state index is -0.516. The molecule has 34 heavy (non-hydrogen) atoms. The Morgan fingerprint density at radius 3 is 2.41 bits per heavy atom. The molecule has 3 rings (SSSR count). The van der Waals surface area contributed by atoms with Crippen molar-refractivity contribution < 1.29 is 19.1 Å². The monoisotopic (exact) mass is 458 g/mol. The highest BCUT2D eigenvalue weighted by molar-refractivity contribution is 6.19. The number of benzene rings is 2. The Morgan fingerprint density at radius 2 is 1.74 bits per heavy atom. The molecule has 0 aromatic heterocycles. The van der Waals surface area contributed by atoms with Crippen LogP contribution in [0.5, 0.6) is 11.5 Å². The summed E-state index contributed by atoms with van der Waals surface area (Å²) < 4.78 is 11.8. The van der Waals surface area contributed by atoms with Crippen LogP contribution in [0.4, 0.5) is 0 Å². The second kappa shape index (κ2) is 11.9. The molecule has 0 fully saturated rings. The topological polar surface area (TPSA) is 79.6 Å². The molecular formula is C28H30N2O4. The normalized spacial score (nSPS) is 15.0. The Labute approximate surface area is 201 Å². The van der Waals surface area contributed by atoms with Gasteiger partial charge >= 0.3 is 0 Å². The van der Waals surface area contributed by atoms with Crippen LogP contribution >= 0.6 is 0 Å². The molecule has 0 saturated heterocycles. The van der Waals surface area contributed by atoms with Gasteiger partial charge in [-0.05, 0) is 55.2 Å². The number of hydrogen-bond donors (Lipinski definition) is 0. The number of imide groups is 1. The maximum Gasteiger partial charge on any atom is 0.271 e. The van der Waals surface area contributed by atoms with E-state index in [4.69, 9.17) is 9.47 Å². The molecule has 6 nitrogen and oxygen atoms in total. The summed E-state index contributed by atoms with van der Waals surface area (Å²) in [6.45, 7) is 6.75. The van der Waals surface area contributed by atoms with Gasteiger partial charge in [-0.25, -0.2) is 0 Å². The van der Waals surface area contributed by atoms with Gasteiger partial charge in [-0.1, -0.05) is 56.2 Å². The van der Waals surface area contributed by atoms with Crippen LogP contribution in [0.3, 0.4) is 0 Å². The van der Waals surface area contributed by atoms with Gasteiger partial charge in [-0.15, -0.1) is 0 Å². The van der Waals surface area contributed by atoms with E-state index in [-0.39, 0.29) is 11.5 Å². The van der Waals surface area contributed by atoms with E-state index < -0.39 is 5.91 Å². The van der Waals surface area contributed by atoms with Gasteiger partial charge in [0.1, 0.15) is 18.2 Å². The van der Waals surface area contributed by atoms with Crippen molar-refractivity contribution in [3.63, 3.8) is 0 Å². The lowest BCUT2D eigenvalue weighted by Crippen LogP contribution is -2.43. The predicted octanol–water partition coefficient (Wildman–Crippen LogP) is 5.45. The van der Waals surface area contributed by atoms with E-state index >= 15 is 0 Å². The number of carbonyl (C=O) groups is 2. The second-order valence-corrected chi connectivity index (χ2v) is 8.05. The summed E-state index contributed by atoms with van der Waals surface area (Å²) in [5.41, 5.74) is 2.51. The maximum absolute atomic E-state index is 13.2. The van der Waals surface area contributed by atoms with Crippen molar-refractivity contribution in [1.82, 2.24) is 4.90 Å². The first-order valence-electron chi connectivity index (χ1n) is 11.6. The maximum atomic E-state index is 13.2. The molecular weight excluding hydrogens is 428 g/mol. The van der Waals surface area contributed by atoms with Crippen molar-refractivity contribution in [2.45, 2.75) is 46.6 Å². The van der Waals surface area contributed by atoms with Crippen LogP contribution in [-0.2, 0) is 16.2 Å². The number of rotatable bonds is 10. The van der Waals surface area contributed by atoms with Crippen molar-refractivity contribution in [2.24, 2.45) is 0 Å².